The zero-order valence-corrected chi connectivity index (χ0v) is 27.6. The van der Waals surface area contributed by atoms with Crippen LogP contribution in [0, 0.1) is 0 Å². The molecule has 0 fully saturated rings. The van der Waals surface area contributed by atoms with Gasteiger partial charge in [0.1, 0.15) is 12.1 Å². The van der Waals surface area contributed by atoms with Gasteiger partial charge in [0.05, 0.1) is 11.7 Å². The maximum Gasteiger partial charge on any atom is 0.243 e. The molecule has 11 nitrogen and oxygen atoms in total. The molecule has 0 spiro atoms. The quantitative estimate of drug-likeness (QED) is 0.0511. The summed E-state index contributed by atoms with van der Waals surface area (Å²) in [5, 5.41) is 8.70. The molecule has 4 rings (SSSR count). The fourth-order valence-corrected chi connectivity index (χ4v) is 5.31. The summed E-state index contributed by atoms with van der Waals surface area (Å²) in [6, 6.07) is 31.5. The molecule has 4 aromatic rings. The van der Waals surface area contributed by atoms with Crippen molar-refractivity contribution in [1.29, 1.82) is 0 Å². The van der Waals surface area contributed by atoms with Crippen molar-refractivity contribution in [2.75, 3.05) is 6.54 Å². The van der Waals surface area contributed by atoms with Crippen LogP contribution in [0.5, 0.6) is 0 Å². The summed E-state index contributed by atoms with van der Waals surface area (Å²) in [5.74, 6) is -1.40. The lowest BCUT2D eigenvalue weighted by molar-refractivity contribution is -0.132. The number of rotatable bonds is 17. The van der Waals surface area contributed by atoms with E-state index in [1.165, 1.54) is 0 Å². The molecule has 11 N–H and O–H groups in total. The number of carbonyl (C=O) groups excluding carboxylic acids is 3. The number of nitrogens with zero attached hydrogens (tertiary/aromatic N) is 1. The van der Waals surface area contributed by atoms with E-state index < -0.39 is 29.9 Å². The number of amides is 3. The van der Waals surface area contributed by atoms with E-state index in [4.69, 9.17) is 22.9 Å². The normalized spacial score (nSPS) is 12.6. The van der Waals surface area contributed by atoms with Crippen LogP contribution < -0.4 is 38.9 Å². The Labute approximate surface area is 287 Å². The Morgan fingerprint density at radius 2 is 1.14 bits per heavy atom. The van der Waals surface area contributed by atoms with E-state index in [0.717, 1.165) is 34.2 Å². The number of carbonyl (C=O) groups is 3. The smallest absolute Gasteiger partial charge is 0.243 e. The standard InChI is InChI=1S/C38H46N8O3/c39-22-8-7-13-32(40)35(47)45-34(24-26-14-18-30(19-15-26)29-11-5-2-6-12-29)37(49)46-33(36(48)43-25-28-9-3-1-4-10-28)23-27-16-20-31(21-17-27)44-38(41)42/h1-6,9-12,14-21,32-34H,7-8,13,22-25,39-40H2,(H,43,48)(H,45,47)(H,46,49)(H4,41,42,44)/t32-,33-,34-/m0/s1. The van der Waals surface area contributed by atoms with Crippen LogP contribution in [0.25, 0.3) is 11.1 Å². The van der Waals surface area contributed by atoms with Gasteiger partial charge in [0.25, 0.3) is 0 Å². The summed E-state index contributed by atoms with van der Waals surface area (Å²) in [4.78, 5) is 44.8. The minimum absolute atomic E-state index is 0.0694. The number of aliphatic imine (C=N–C) groups is 1. The van der Waals surface area contributed by atoms with Gasteiger partial charge in [-0.05, 0) is 59.3 Å². The van der Waals surface area contributed by atoms with Crippen LogP contribution in [0.15, 0.2) is 114 Å². The van der Waals surface area contributed by atoms with E-state index in [1.54, 1.807) is 24.3 Å². The average Bonchev–Trinajstić information content (AvgIpc) is 3.11. The molecule has 0 saturated heterocycles. The maximum absolute atomic E-state index is 14.0. The summed E-state index contributed by atoms with van der Waals surface area (Å²) in [7, 11) is 0. The summed E-state index contributed by atoms with van der Waals surface area (Å²) in [6.07, 6.45) is 2.23. The predicted octanol–water partition coefficient (Wildman–Crippen LogP) is 2.79. The van der Waals surface area contributed by atoms with Gasteiger partial charge in [-0.2, -0.15) is 0 Å². The highest BCUT2D eigenvalue weighted by atomic mass is 16.2. The lowest BCUT2D eigenvalue weighted by Gasteiger charge is -2.25. The van der Waals surface area contributed by atoms with Gasteiger partial charge in [-0.3, -0.25) is 14.4 Å². The van der Waals surface area contributed by atoms with Gasteiger partial charge in [-0.25, -0.2) is 4.99 Å². The molecule has 0 aliphatic heterocycles. The number of hydrogen-bond acceptors (Lipinski definition) is 6. The fourth-order valence-electron chi connectivity index (χ4n) is 5.31. The molecular formula is C38H46N8O3. The van der Waals surface area contributed by atoms with Crippen LogP contribution in [-0.4, -0.2) is 48.4 Å². The average molecular weight is 663 g/mol. The summed E-state index contributed by atoms with van der Waals surface area (Å²) < 4.78 is 0. The van der Waals surface area contributed by atoms with Gasteiger partial charge >= 0.3 is 0 Å². The first-order chi connectivity index (χ1) is 23.7. The number of hydrogen-bond donors (Lipinski definition) is 7. The molecule has 49 heavy (non-hydrogen) atoms. The third-order valence-electron chi connectivity index (χ3n) is 8.02. The lowest BCUT2D eigenvalue weighted by atomic mass is 9.99. The second-order valence-corrected chi connectivity index (χ2v) is 11.9. The summed E-state index contributed by atoms with van der Waals surface area (Å²) in [6.45, 7) is 0.782. The van der Waals surface area contributed by atoms with Gasteiger partial charge in [-0.15, -0.1) is 0 Å². The van der Waals surface area contributed by atoms with Crippen molar-refractivity contribution in [1.82, 2.24) is 16.0 Å². The van der Waals surface area contributed by atoms with Gasteiger partial charge < -0.3 is 38.9 Å². The number of unbranched alkanes of at least 4 members (excludes halogenated alkanes) is 1. The number of guanidine groups is 1. The van der Waals surface area contributed by atoms with Crippen molar-refractivity contribution in [3.05, 3.63) is 126 Å². The molecule has 0 saturated carbocycles. The highest BCUT2D eigenvalue weighted by Gasteiger charge is 2.28. The van der Waals surface area contributed by atoms with Crippen molar-refractivity contribution in [3.8, 4) is 11.1 Å². The molecule has 0 unspecified atom stereocenters. The molecule has 0 bridgehead atoms. The van der Waals surface area contributed by atoms with Crippen LogP contribution >= 0.6 is 0 Å². The third kappa shape index (κ3) is 11.9. The number of nitrogens with one attached hydrogen (secondary N) is 3. The Bertz CT molecular complexity index is 1660. The van der Waals surface area contributed by atoms with E-state index in [-0.39, 0.29) is 31.3 Å². The molecule has 256 valence electrons. The second kappa shape index (κ2) is 18.7. The minimum atomic E-state index is -0.996. The van der Waals surface area contributed by atoms with E-state index in [2.05, 4.69) is 20.9 Å². The van der Waals surface area contributed by atoms with E-state index in [1.807, 2.05) is 84.9 Å². The van der Waals surface area contributed by atoms with Gasteiger partial charge in [-0.1, -0.05) is 103 Å². The first kappa shape index (κ1) is 36.3. The Hall–Kier alpha value is -5.52. The molecule has 0 aromatic heterocycles. The van der Waals surface area contributed by atoms with Crippen molar-refractivity contribution >= 4 is 29.4 Å². The predicted molar refractivity (Wildman–Crippen MR) is 194 cm³/mol. The van der Waals surface area contributed by atoms with E-state index >= 15 is 0 Å². The molecule has 0 heterocycles. The van der Waals surface area contributed by atoms with Crippen molar-refractivity contribution < 1.29 is 14.4 Å². The Balaban J connectivity index is 1.55. The van der Waals surface area contributed by atoms with Crippen LogP contribution in [0.3, 0.4) is 0 Å². The van der Waals surface area contributed by atoms with Crippen LogP contribution in [-0.2, 0) is 33.8 Å². The lowest BCUT2D eigenvalue weighted by Crippen LogP contribution is -2.56. The van der Waals surface area contributed by atoms with Crippen LogP contribution in [0.2, 0.25) is 0 Å². The monoisotopic (exact) mass is 662 g/mol. The van der Waals surface area contributed by atoms with E-state index in [0.29, 0.717) is 25.1 Å². The summed E-state index contributed by atoms with van der Waals surface area (Å²) in [5.41, 5.74) is 28.0. The largest absolute Gasteiger partial charge is 0.370 e. The molecule has 3 atom stereocenters. The van der Waals surface area contributed by atoms with Crippen LogP contribution in [0.1, 0.15) is 36.0 Å². The zero-order valence-electron chi connectivity index (χ0n) is 27.6. The summed E-state index contributed by atoms with van der Waals surface area (Å²) >= 11 is 0. The number of nitrogens with two attached hydrogens (primary N) is 4. The SMILES string of the molecule is NCCCC[C@H](N)C(=O)N[C@@H](Cc1ccc(-c2ccccc2)cc1)C(=O)N[C@@H](Cc1ccc(N=C(N)N)cc1)C(=O)NCc1ccccc1. The molecular weight excluding hydrogens is 616 g/mol. The molecule has 0 aliphatic carbocycles. The highest BCUT2D eigenvalue weighted by Crippen LogP contribution is 2.20. The third-order valence-corrected chi connectivity index (χ3v) is 8.02. The Kier molecular flexibility index (Phi) is 13.9. The van der Waals surface area contributed by atoms with E-state index in [9.17, 15) is 14.4 Å². The molecule has 4 aromatic carbocycles. The highest BCUT2D eigenvalue weighted by molar-refractivity contribution is 5.93. The zero-order chi connectivity index (χ0) is 35.0. The topological polar surface area (TPSA) is 204 Å². The Morgan fingerprint density at radius 1 is 0.612 bits per heavy atom. The minimum Gasteiger partial charge on any atom is -0.370 e. The number of benzene rings is 4. The van der Waals surface area contributed by atoms with Gasteiger partial charge in [0.2, 0.25) is 17.7 Å². The molecule has 0 radical (unpaired) electrons. The second-order valence-electron chi connectivity index (χ2n) is 11.9. The molecule has 0 aliphatic rings. The molecule has 11 heteroatoms. The first-order valence-electron chi connectivity index (χ1n) is 16.4. The van der Waals surface area contributed by atoms with Gasteiger partial charge in [0.15, 0.2) is 5.96 Å². The van der Waals surface area contributed by atoms with Crippen LogP contribution in [0.4, 0.5) is 5.69 Å². The van der Waals surface area contributed by atoms with Crippen molar-refractivity contribution in [2.45, 2.75) is 56.8 Å². The Morgan fingerprint density at radius 3 is 1.73 bits per heavy atom. The van der Waals surface area contributed by atoms with Gasteiger partial charge in [0, 0.05) is 19.4 Å². The fraction of sp³-hybridized carbons (Fsp3) is 0.263. The molecule has 3 amide bonds. The maximum atomic E-state index is 14.0. The van der Waals surface area contributed by atoms with Crippen molar-refractivity contribution in [2.24, 2.45) is 27.9 Å². The van der Waals surface area contributed by atoms with Crippen molar-refractivity contribution in [3.63, 3.8) is 0 Å². The first-order valence-corrected chi connectivity index (χ1v) is 16.4.